The van der Waals surface area contributed by atoms with Crippen LogP contribution in [0.25, 0.3) is 0 Å². The standard InChI is InChI=1S/C13H22N4O3.HI/c1-9-12(10(2)20-17-9)7-16-13(14-3)15-6-11-8-18-4-5-19-11;/h11H,4-8H2,1-3H3,(H2,14,15,16);1H. The first-order valence-corrected chi connectivity index (χ1v) is 6.76. The summed E-state index contributed by atoms with van der Waals surface area (Å²) in [6, 6.07) is 0. The van der Waals surface area contributed by atoms with Crippen molar-refractivity contribution in [2.45, 2.75) is 26.5 Å². The molecule has 0 aliphatic carbocycles. The van der Waals surface area contributed by atoms with Gasteiger partial charge in [0.2, 0.25) is 0 Å². The average Bonchev–Trinajstić information content (AvgIpc) is 2.80. The first kappa shape index (κ1) is 18.2. The van der Waals surface area contributed by atoms with Gasteiger partial charge in [0.15, 0.2) is 5.96 Å². The van der Waals surface area contributed by atoms with E-state index in [1.165, 1.54) is 0 Å². The molecule has 1 aromatic rings. The van der Waals surface area contributed by atoms with Crippen LogP contribution in [0.3, 0.4) is 0 Å². The van der Waals surface area contributed by atoms with Crippen LogP contribution in [-0.2, 0) is 16.0 Å². The van der Waals surface area contributed by atoms with Gasteiger partial charge in [0.1, 0.15) is 5.76 Å². The summed E-state index contributed by atoms with van der Waals surface area (Å²) in [5.74, 6) is 1.55. The summed E-state index contributed by atoms with van der Waals surface area (Å²) in [5, 5.41) is 10.4. The number of nitrogens with one attached hydrogen (secondary N) is 2. The lowest BCUT2D eigenvalue weighted by Crippen LogP contribution is -2.44. The summed E-state index contributed by atoms with van der Waals surface area (Å²) >= 11 is 0. The zero-order valence-electron chi connectivity index (χ0n) is 12.6. The number of rotatable bonds is 4. The molecule has 2 heterocycles. The van der Waals surface area contributed by atoms with Crippen molar-refractivity contribution < 1.29 is 14.0 Å². The molecule has 21 heavy (non-hydrogen) atoms. The Bertz CT molecular complexity index is 439. The minimum atomic E-state index is 0. The number of ether oxygens (including phenoxy) is 2. The third-order valence-electron chi connectivity index (χ3n) is 3.22. The number of hydrogen-bond acceptors (Lipinski definition) is 5. The predicted octanol–water partition coefficient (Wildman–Crippen LogP) is 0.990. The zero-order chi connectivity index (χ0) is 14.4. The summed E-state index contributed by atoms with van der Waals surface area (Å²) in [5.41, 5.74) is 1.96. The summed E-state index contributed by atoms with van der Waals surface area (Å²) < 4.78 is 16.0. The smallest absolute Gasteiger partial charge is 0.191 e. The molecule has 1 atom stereocenters. The number of aromatic nitrogens is 1. The molecule has 0 bridgehead atoms. The third-order valence-corrected chi connectivity index (χ3v) is 3.22. The van der Waals surface area contributed by atoms with E-state index in [4.69, 9.17) is 14.0 Å². The second-order valence-corrected chi connectivity index (χ2v) is 4.68. The molecule has 0 amide bonds. The zero-order valence-corrected chi connectivity index (χ0v) is 15.0. The Morgan fingerprint density at radius 2 is 2.14 bits per heavy atom. The molecule has 7 nitrogen and oxygen atoms in total. The van der Waals surface area contributed by atoms with Crippen LogP contribution in [0.2, 0.25) is 0 Å². The van der Waals surface area contributed by atoms with Crippen molar-refractivity contribution in [2.24, 2.45) is 4.99 Å². The van der Waals surface area contributed by atoms with Crippen molar-refractivity contribution in [1.82, 2.24) is 15.8 Å². The van der Waals surface area contributed by atoms with E-state index in [9.17, 15) is 0 Å². The second kappa shape index (κ2) is 9.21. The number of halogens is 1. The quantitative estimate of drug-likeness (QED) is 0.438. The van der Waals surface area contributed by atoms with Gasteiger partial charge in [-0.15, -0.1) is 24.0 Å². The van der Waals surface area contributed by atoms with Gasteiger partial charge in [-0.05, 0) is 13.8 Å². The fraction of sp³-hybridized carbons (Fsp3) is 0.692. The fourth-order valence-electron chi connectivity index (χ4n) is 2.01. The molecular weight excluding hydrogens is 387 g/mol. The Hall–Kier alpha value is -0.870. The first-order chi connectivity index (χ1) is 9.70. The highest BCUT2D eigenvalue weighted by molar-refractivity contribution is 14.0. The van der Waals surface area contributed by atoms with E-state index in [0.29, 0.717) is 32.9 Å². The summed E-state index contributed by atoms with van der Waals surface area (Å²) in [6.45, 7) is 7.07. The van der Waals surface area contributed by atoms with Crippen LogP contribution in [-0.4, -0.2) is 50.6 Å². The molecule has 0 saturated carbocycles. The summed E-state index contributed by atoms with van der Waals surface area (Å²) in [7, 11) is 1.74. The van der Waals surface area contributed by atoms with Crippen LogP contribution >= 0.6 is 24.0 Å². The number of aryl methyl sites for hydroxylation is 2. The molecule has 2 N–H and O–H groups in total. The van der Waals surface area contributed by atoms with Crippen LogP contribution in [0.15, 0.2) is 9.52 Å². The largest absolute Gasteiger partial charge is 0.376 e. The molecule has 1 fully saturated rings. The van der Waals surface area contributed by atoms with Gasteiger partial charge in [-0.1, -0.05) is 5.16 Å². The van der Waals surface area contributed by atoms with Gasteiger partial charge in [-0.3, -0.25) is 4.99 Å². The van der Waals surface area contributed by atoms with E-state index in [-0.39, 0.29) is 30.1 Å². The van der Waals surface area contributed by atoms with E-state index in [0.717, 1.165) is 23.0 Å². The Morgan fingerprint density at radius 1 is 1.33 bits per heavy atom. The number of aliphatic imine (C=N–C) groups is 1. The van der Waals surface area contributed by atoms with Crippen LogP contribution in [0, 0.1) is 13.8 Å². The number of guanidine groups is 1. The molecule has 0 radical (unpaired) electrons. The molecule has 1 saturated heterocycles. The van der Waals surface area contributed by atoms with Crippen LogP contribution in [0.5, 0.6) is 0 Å². The van der Waals surface area contributed by atoms with Crippen molar-refractivity contribution in [1.29, 1.82) is 0 Å². The summed E-state index contributed by atoms with van der Waals surface area (Å²) in [4.78, 5) is 4.18. The maximum Gasteiger partial charge on any atom is 0.191 e. The van der Waals surface area contributed by atoms with Crippen molar-refractivity contribution in [3.8, 4) is 0 Å². The monoisotopic (exact) mass is 410 g/mol. The summed E-state index contributed by atoms with van der Waals surface area (Å²) in [6.07, 6.45) is 0.0707. The Morgan fingerprint density at radius 3 is 2.71 bits per heavy atom. The van der Waals surface area contributed by atoms with E-state index >= 15 is 0 Å². The molecule has 0 spiro atoms. The van der Waals surface area contributed by atoms with E-state index < -0.39 is 0 Å². The highest BCUT2D eigenvalue weighted by Crippen LogP contribution is 2.11. The predicted molar refractivity (Wildman–Crippen MR) is 90.2 cm³/mol. The normalized spacial score (nSPS) is 19.0. The lowest BCUT2D eigenvalue weighted by atomic mass is 10.2. The SMILES string of the molecule is CN=C(NCc1c(C)noc1C)NCC1COCCO1.I. The molecule has 1 aromatic heterocycles. The molecule has 120 valence electrons. The highest BCUT2D eigenvalue weighted by Gasteiger charge is 2.15. The number of hydrogen-bond donors (Lipinski definition) is 2. The molecule has 1 aliphatic rings. The topological polar surface area (TPSA) is 80.9 Å². The molecule has 1 aliphatic heterocycles. The van der Waals surface area contributed by atoms with Crippen molar-refractivity contribution >= 4 is 29.9 Å². The van der Waals surface area contributed by atoms with Gasteiger partial charge in [-0.2, -0.15) is 0 Å². The van der Waals surface area contributed by atoms with Gasteiger partial charge in [0, 0.05) is 25.7 Å². The Balaban J connectivity index is 0.00000220. The minimum absolute atomic E-state index is 0. The molecule has 0 aromatic carbocycles. The maximum atomic E-state index is 5.57. The van der Waals surface area contributed by atoms with Gasteiger partial charge < -0.3 is 24.6 Å². The third kappa shape index (κ3) is 5.44. The van der Waals surface area contributed by atoms with Gasteiger partial charge in [-0.25, -0.2) is 0 Å². The van der Waals surface area contributed by atoms with E-state index in [1.54, 1.807) is 7.05 Å². The van der Waals surface area contributed by atoms with Crippen LogP contribution in [0.4, 0.5) is 0 Å². The van der Waals surface area contributed by atoms with Crippen LogP contribution < -0.4 is 10.6 Å². The molecule has 1 unspecified atom stereocenters. The Kier molecular flexibility index (Phi) is 7.97. The van der Waals surface area contributed by atoms with E-state index in [1.807, 2.05) is 13.8 Å². The van der Waals surface area contributed by atoms with Crippen LogP contribution in [0.1, 0.15) is 17.0 Å². The fourth-order valence-corrected chi connectivity index (χ4v) is 2.01. The molecule has 8 heteroatoms. The van der Waals surface area contributed by atoms with Gasteiger partial charge in [0.05, 0.1) is 31.6 Å². The van der Waals surface area contributed by atoms with Crippen molar-refractivity contribution in [3.63, 3.8) is 0 Å². The number of nitrogens with zero attached hydrogens (tertiary/aromatic N) is 2. The van der Waals surface area contributed by atoms with Gasteiger partial charge >= 0.3 is 0 Å². The van der Waals surface area contributed by atoms with Crippen molar-refractivity contribution in [2.75, 3.05) is 33.4 Å². The van der Waals surface area contributed by atoms with E-state index in [2.05, 4.69) is 20.8 Å². The first-order valence-electron chi connectivity index (χ1n) is 6.76. The molecular formula is C13H23IN4O3. The Labute approximate surface area is 141 Å². The lowest BCUT2D eigenvalue weighted by molar-refractivity contribution is -0.0850. The highest BCUT2D eigenvalue weighted by atomic mass is 127. The van der Waals surface area contributed by atoms with Crippen molar-refractivity contribution in [3.05, 3.63) is 17.0 Å². The second-order valence-electron chi connectivity index (χ2n) is 4.68. The van der Waals surface area contributed by atoms with Gasteiger partial charge in [0.25, 0.3) is 0 Å². The minimum Gasteiger partial charge on any atom is -0.376 e. The lowest BCUT2D eigenvalue weighted by Gasteiger charge is -2.24. The molecule has 2 rings (SSSR count). The average molecular weight is 410 g/mol. The maximum absolute atomic E-state index is 5.57.